The summed E-state index contributed by atoms with van der Waals surface area (Å²) < 4.78 is 2.55. The van der Waals surface area contributed by atoms with Gasteiger partial charge in [-0.15, -0.1) is 0 Å². The standard InChI is InChI=1S/C32H66N2/c1-33(2,31-25-19-15-11-7-5-8-12-16-20-26-31)29-23-24-30-34(3,4)32-27-21-17-13-9-6-10-14-18-22-28-32/h31-32H,5-30H2,1-4H3/q+2. The van der Waals surface area contributed by atoms with Crippen molar-refractivity contribution in [1.29, 1.82) is 0 Å². The molecule has 34 heavy (non-hydrogen) atoms. The van der Waals surface area contributed by atoms with E-state index in [2.05, 4.69) is 28.2 Å². The molecule has 202 valence electrons. The molecule has 0 bridgehead atoms. The van der Waals surface area contributed by atoms with Gasteiger partial charge in [-0.2, -0.15) is 0 Å². The van der Waals surface area contributed by atoms with Crippen LogP contribution in [-0.2, 0) is 0 Å². The highest BCUT2D eigenvalue weighted by Crippen LogP contribution is 2.26. The Bertz CT molecular complexity index is 415. The van der Waals surface area contributed by atoms with Crippen LogP contribution >= 0.6 is 0 Å². The van der Waals surface area contributed by atoms with E-state index in [9.17, 15) is 0 Å². The van der Waals surface area contributed by atoms with Gasteiger partial charge in [0.15, 0.2) is 0 Å². The number of rotatable bonds is 7. The summed E-state index contributed by atoms with van der Waals surface area (Å²) >= 11 is 0. The monoisotopic (exact) mass is 479 g/mol. The van der Waals surface area contributed by atoms with Crippen LogP contribution in [-0.4, -0.2) is 62.3 Å². The average Bonchev–Trinajstić information content (AvgIpc) is 2.77. The number of hydrogen-bond acceptors (Lipinski definition) is 0. The maximum Gasteiger partial charge on any atom is 0.0886 e. The topological polar surface area (TPSA) is 0 Å². The molecule has 0 spiro atoms. The van der Waals surface area contributed by atoms with Crippen LogP contribution in [0.25, 0.3) is 0 Å². The van der Waals surface area contributed by atoms with Gasteiger partial charge in [0, 0.05) is 12.8 Å². The number of nitrogens with zero attached hydrogens (tertiary/aromatic N) is 2. The lowest BCUT2D eigenvalue weighted by Crippen LogP contribution is -2.51. The Morgan fingerprint density at radius 1 is 0.353 bits per heavy atom. The Morgan fingerprint density at radius 2 is 0.559 bits per heavy atom. The molecular formula is C32H66N2+2. The summed E-state index contributed by atoms with van der Waals surface area (Å²) in [6, 6.07) is 1.79. The fourth-order valence-electron chi connectivity index (χ4n) is 7.09. The van der Waals surface area contributed by atoms with Gasteiger partial charge in [0.25, 0.3) is 0 Å². The summed E-state index contributed by atoms with van der Waals surface area (Å²) in [6.07, 6.45) is 35.3. The van der Waals surface area contributed by atoms with Gasteiger partial charge in [0.05, 0.1) is 53.4 Å². The average molecular weight is 479 g/mol. The van der Waals surface area contributed by atoms with E-state index in [1.807, 2.05) is 0 Å². The lowest BCUT2D eigenvalue weighted by atomic mass is 9.95. The molecule has 0 amide bonds. The zero-order valence-corrected chi connectivity index (χ0v) is 24.4. The molecule has 2 nitrogen and oxygen atoms in total. The van der Waals surface area contributed by atoms with E-state index < -0.39 is 0 Å². The van der Waals surface area contributed by atoms with Crippen molar-refractivity contribution in [3.05, 3.63) is 0 Å². The van der Waals surface area contributed by atoms with E-state index in [4.69, 9.17) is 0 Å². The van der Waals surface area contributed by atoms with Crippen LogP contribution in [0.5, 0.6) is 0 Å². The first-order valence-corrected chi connectivity index (χ1v) is 16.1. The maximum atomic E-state index is 2.56. The van der Waals surface area contributed by atoms with Crippen molar-refractivity contribution >= 4 is 0 Å². The molecule has 0 heterocycles. The zero-order chi connectivity index (χ0) is 24.5. The minimum atomic E-state index is 0.897. The molecule has 0 aromatic rings. The first kappa shape index (κ1) is 30.1. The Balaban J connectivity index is 1.78. The SMILES string of the molecule is C[N+](C)(CCCC[N+](C)(C)C1CCCCCCCCCCC1)C1CCCCCCCCCCC1. The highest BCUT2D eigenvalue weighted by atomic mass is 15.3. The highest BCUT2D eigenvalue weighted by Gasteiger charge is 2.30. The fourth-order valence-corrected chi connectivity index (χ4v) is 7.09. The lowest BCUT2D eigenvalue weighted by molar-refractivity contribution is -0.922. The summed E-state index contributed by atoms with van der Waals surface area (Å²) in [5, 5.41) is 0. The Hall–Kier alpha value is -0.0800. The van der Waals surface area contributed by atoms with Crippen LogP contribution in [0.15, 0.2) is 0 Å². The van der Waals surface area contributed by atoms with Crippen LogP contribution in [0.4, 0.5) is 0 Å². The van der Waals surface area contributed by atoms with E-state index in [1.165, 1.54) is 176 Å². The van der Waals surface area contributed by atoms with Crippen LogP contribution < -0.4 is 0 Å². The molecular weight excluding hydrogens is 412 g/mol. The molecule has 2 fully saturated rings. The van der Waals surface area contributed by atoms with Gasteiger partial charge in [-0.1, -0.05) is 89.9 Å². The van der Waals surface area contributed by atoms with Crippen molar-refractivity contribution in [2.75, 3.05) is 41.3 Å². The zero-order valence-electron chi connectivity index (χ0n) is 24.4. The molecule has 2 heteroatoms. The molecule has 0 saturated heterocycles. The van der Waals surface area contributed by atoms with Crippen molar-refractivity contribution in [3.8, 4) is 0 Å². The summed E-state index contributed by atoms with van der Waals surface area (Å²) in [5.41, 5.74) is 0. The van der Waals surface area contributed by atoms with Gasteiger partial charge < -0.3 is 8.97 Å². The van der Waals surface area contributed by atoms with Crippen molar-refractivity contribution in [3.63, 3.8) is 0 Å². The lowest BCUT2D eigenvalue weighted by Gasteiger charge is -2.40. The summed E-state index contributed by atoms with van der Waals surface area (Å²) in [6.45, 7) is 2.77. The van der Waals surface area contributed by atoms with Crippen LogP contribution in [0.3, 0.4) is 0 Å². The number of unbranched alkanes of at least 4 members (excludes halogenated alkanes) is 1. The van der Waals surface area contributed by atoms with E-state index in [1.54, 1.807) is 0 Å². The largest absolute Gasteiger partial charge is 0.326 e. The third-order valence-electron chi connectivity index (χ3n) is 9.85. The molecule has 0 unspecified atom stereocenters. The third-order valence-corrected chi connectivity index (χ3v) is 9.85. The second kappa shape index (κ2) is 17.4. The minimum Gasteiger partial charge on any atom is -0.326 e. The molecule has 2 aliphatic rings. The predicted molar refractivity (Wildman–Crippen MR) is 152 cm³/mol. The van der Waals surface area contributed by atoms with Crippen LogP contribution in [0.2, 0.25) is 0 Å². The van der Waals surface area contributed by atoms with E-state index in [0.717, 1.165) is 12.1 Å². The van der Waals surface area contributed by atoms with Gasteiger partial charge in [0.2, 0.25) is 0 Å². The van der Waals surface area contributed by atoms with Gasteiger partial charge in [-0.3, -0.25) is 0 Å². The summed E-state index contributed by atoms with van der Waals surface area (Å²) in [5.74, 6) is 0. The van der Waals surface area contributed by atoms with Gasteiger partial charge >= 0.3 is 0 Å². The maximum absolute atomic E-state index is 2.56. The van der Waals surface area contributed by atoms with Gasteiger partial charge in [-0.25, -0.2) is 0 Å². The van der Waals surface area contributed by atoms with Crippen molar-refractivity contribution in [2.45, 2.75) is 166 Å². The van der Waals surface area contributed by atoms with E-state index >= 15 is 0 Å². The Kier molecular flexibility index (Phi) is 15.4. The second-order valence-corrected chi connectivity index (χ2v) is 13.5. The Morgan fingerprint density at radius 3 is 0.794 bits per heavy atom. The molecule has 0 aliphatic heterocycles. The highest BCUT2D eigenvalue weighted by molar-refractivity contribution is 4.65. The first-order valence-electron chi connectivity index (χ1n) is 16.1. The van der Waals surface area contributed by atoms with Crippen LogP contribution in [0.1, 0.15) is 154 Å². The first-order chi connectivity index (χ1) is 16.4. The summed E-state index contributed by atoms with van der Waals surface area (Å²) in [4.78, 5) is 0. The van der Waals surface area contributed by atoms with Gasteiger partial charge in [-0.05, 0) is 51.4 Å². The predicted octanol–water partition coefficient (Wildman–Crippen LogP) is 9.27. The van der Waals surface area contributed by atoms with Gasteiger partial charge in [0.1, 0.15) is 0 Å². The van der Waals surface area contributed by atoms with Crippen LogP contribution in [0, 0.1) is 0 Å². The molecule has 0 radical (unpaired) electrons. The van der Waals surface area contributed by atoms with Crippen molar-refractivity contribution in [1.82, 2.24) is 0 Å². The molecule has 0 atom stereocenters. The summed E-state index contributed by atoms with van der Waals surface area (Å²) in [7, 11) is 10.2. The fraction of sp³-hybridized carbons (Fsp3) is 1.00. The molecule has 2 saturated carbocycles. The molecule has 2 aliphatic carbocycles. The molecule has 0 aromatic carbocycles. The Labute approximate surface area is 216 Å². The smallest absolute Gasteiger partial charge is 0.0886 e. The molecule has 0 aromatic heterocycles. The normalized spacial score (nSPS) is 23.3. The third kappa shape index (κ3) is 12.8. The number of quaternary nitrogens is 2. The minimum absolute atomic E-state index is 0.897. The van der Waals surface area contributed by atoms with E-state index in [-0.39, 0.29) is 0 Å². The quantitative estimate of drug-likeness (QED) is 0.252. The van der Waals surface area contributed by atoms with Crippen molar-refractivity contribution < 1.29 is 8.97 Å². The molecule has 2 rings (SSSR count). The van der Waals surface area contributed by atoms with E-state index in [0.29, 0.717) is 0 Å². The second-order valence-electron chi connectivity index (χ2n) is 13.5. The van der Waals surface area contributed by atoms with Crippen molar-refractivity contribution in [2.24, 2.45) is 0 Å². The molecule has 0 N–H and O–H groups in total. The number of hydrogen-bond donors (Lipinski definition) is 0.